The molecule has 5 rings (SSSR count). The van der Waals surface area contributed by atoms with E-state index in [1.54, 1.807) is 62.3 Å². The normalized spacial score (nSPS) is 28.0. The Bertz CT molecular complexity index is 3360. The fourth-order valence-corrected chi connectivity index (χ4v) is 15.3. The van der Waals surface area contributed by atoms with E-state index in [-0.39, 0.29) is 128 Å². The molecule has 4 aliphatic heterocycles. The van der Waals surface area contributed by atoms with Crippen molar-refractivity contribution < 1.29 is 91.7 Å². The Labute approximate surface area is 661 Å². The molecule has 4 saturated heterocycles. The Morgan fingerprint density at radius 1 is 0.571 bits per heavy atom. The van der Waals surface area contributed by atoms with Crippen LogP contribution in [0, 0.1) is 29.1 Å². The number of hydrogen-bond donors (Lipinski definition) is 18. The van der Waals surface area contributed by atoms with Gasteiger partial charge in [-0.3, -0.25) is 87.1 Å². The molecule has 4 bridgehead atoms. The number of unbranched alkanes of at least 4 members (excludes halogenated alkanes) is 1. The van der Waals surface area contributed by atoms with Gasteiger partial charge in [-0.05, 0) is 100 Å². The molecule has 19 amide bonds. The molecule has 21 N–H and O–H groups in total. The second kappa shape index (κ2) is 46.8. The van der Waals surface area contributed by atoms with Gasteiger partial charge in [0.15, 0.2) is 17.4 Å². The SMILES string of the molecule is CCCCN1C(=O)CCCCNC(=O)[C@H](CC(C)(C)C)NC(=O)[C@H](CO)NC(=O)[C@H](CCCN=C(N)N)NC(=O)[C@H](CO)NC(=O)[C@H]2NC(=O)[C@H]([C@@H](C)CC)NC(=O)CNC(=O)C3CCC(CC3)NC(=O)NC(=O)[C@@H](C(N)=O)NC(=O)[C@@H]3CCCN3C(=O)[C@H]([C@@H](C)CC)NC(=O)[C@H](CSS2)N(C)C(=O)[C@H]([C@@H](C)CC)NC1=O. The van der Waals surface area contributed by atoms with Crippen LogP contribution in [0.5, 0.6) is 0 Å². The number of aliphatic imine (C=N–C) groups is 1. The molecule has 0 aromatic heterocycles. The maximum atomic E-state index is 15.6. The number of guanidine groups is 1. The van der Waals surface area contributed by atoms with Crippen molar-refractivity contribution in [3.63, 3.8) is 0 Å². The van der Waals surface area contributed by atoms with Crippen LogP contribution in [0.2, 0.25) is 0 Å². The van der Waals surface area contributed by atoms with Crippen LogP contribution < -0.4 is 86.3 Å². The van der Waals surface area contributed by atoms with Crippen LogP contribution in [0.1, 0.15) is 178 Å². The number of aliphatic hydroxyl groups is 2. The van der Waals surface area contributed by atoms with Gasteiger partial charge < -0.3 is 101 Å². The van der Waals surface area contributed by atoms with Crippen LogP contribution in [0.3, 0.4) is 0 Å². The standard InChI is InChI=1S/C71H120N20O19S2/c1-12-16-30-91-49(95)23-17-18-28-75-56(98)43(32-71(8,9)10)80-59(101)44(34-92)81-57(99)42(21-19-29-76-68(73)74)79-58(100)45(35-93)82-64(106)65-87-62(104)50(37(5)13-2)83-48(94)33-77-55(97)40-24-26-41(27-25-40)78-69(109)88-63(105)53(54(72)96)85-60(102)46-22-20-31-90(46)67(108)52(39(7)15-4)84-61(103)47(36-111-112-65)89(11)66(107)51(38(6)14-3)86-70(91)110/h37-47,50-53,65,92-93H,12-36H2,1-11H3,(H2,72,96)(H,75,98)(H,77,97)(H,79,100)(H,80,101)(H,81,99)(H,82,106)(H,83,94)(H,84,103)(H,85,102)(H,86,110)(H,87,104)(H4,73,74,76)(H2,78,88,105,109)/t37-,38-,39-,40?,41?,42-,43-,44-,45-,46-,47-,50-,51-,52-,53+,65-/m0/s1. The average Bonchev–Trinajstić information content (AvgIpc) is 1.55. The molecule has 0 unspecified atom stereocenters. The summed E-state index contributed by atoms with van der Waals surface area (Å²) in [4.78, 5) is 250. The second-order valence-electron chi connectivity index (χ2n) is 30.1. The van der Waals surface area contributed by atoms with Gasteiger partial charge in [0.2, 0.25) is 76.8 Å². The fourth-order valence-electron chi connectivity index (χ4n) is 12.8. The van der Waals surface area contributed by atoms with Gasteiger partial charge in [0.05, 0.1) is 19.8 Å². The zero-order valence-electron chi connectivity index (χ0n) is 66.1. The summed E-state index contributed by atoms with van der Waals surface area (Å²) in [5.41, 5.74) is 16.1. The zero-order valence-corrected chi connectivity index (χ0v) is 67.7. The third kappa shape index (κ3) is 29.8. The molecule has 39 nitrogen and oxygen atoms in total. The first-order valence-electron chi connectivity index (χ1n) is 38.5. The number of aliphatic hydroxyl groups excluding tert-OH is 2. The van der Waals surface area contributed by atoms with Crippen molar-refractivity contribution in [2.75, 3.05) is 58.7 Å². The van der Waals surface area contributed by atoms with Crippen LogP contribution in [0.25, 0.3) is 0 Å². The van der Waals surface area contributed by atoms with E-state index in [0.29, 0.717) is 34.4 Å². The Kier molecular flexibility index (Phi) is 39.8. The molecular formula is C71H120N20O19S2. The zero-order chi connectivity index (χ0) is 83.9. The average molecular weight is 1620 g/mol. The molecule has 112 heavy (non-hydrogen) atoms. The van der Waals surface area contributed by atoms with E-state index >= 15 is 19.2 Å². The van der Waals surface area contributed by atoms with Gasteiger partial charge in [-0.1, -0.05) is 117 Å². The molecule has 0 aromatic carbocycles. The van der Waals surface area contributed by atoms with Gasteiger partial charge in [0.25, 0.3) is 11.8 Å². The molecule has 41 heteroatoms. The molecule has 1 aliphatic carbocycles. The predicted molar refractivity (Wildman–Crippen MR) is 414 cm³/mol. The number of rotatable bonds is 17. The number of nitrogens with zero attached hydrogens (tertiary/aromatic N) is 4. The Hall–Kier alpha value is -9.12. The first-order chi connectivity index (χ1) is 52.8. The van der Waals surface area contributed by atoms with Gasteiger partial charge in [0, 0.05) is 57.4 Å². The van der Waals surface area contributed by atoms with Crippen molar-refractivity contribution in [2.45, 2.75) is 250 Å². The van der Waals surface area contributed by atoms with Crippen molar-refractivity contribution in [3.8, 4) is 0 Å². The maximum absolute atomic E-state index is 15.6. The summed E-state index contributed by atoms with van der Waals surface area (Å²) in [6.07, 6.45) is 2.31. The van der Waals surface area contributed by atoms with Crippen molar-refractivity contribution in [2.24, 2.45) is 51.3 Å². The Morgan fingerprint density at radius 3 is 1.72 bits per heavy atom. The minimum Gasteiger partial charge on any atom is -0.394 e. The summed E-state index contributed by atoms with van der Waals surface area (Å²) in [5, 5.41) is 52.4. The summed E-state index contributed by atoms with van der Waals surface area (Å²) < 4.78 is 0. The van der Waals surface area contributed by atoms with Gasteiger partial charge in [-0.25, -0.2) is 9.59 Å². The van der Waals surface area contributed by atoms with Gasteiger partial charge in [-0.2, -0.15) is 0 Å². The molecule has 4 heterocycles. The first kappa shape index (κ1) is 95.3. The van der Waals surface area contributed by atoms with Gasteiger partial charge in [0.1, 0.15) is 54.4 Å². The predicted octanol–water partition coefficient (Wildman–Crippen LogP) is -3.36. The van der Waals surface area contributed by atoms with Crippen molar-refractivity contribution in [1.29, 1.82) is 0 Å². The highest BCUT2D eigenvalue weighted by Crippen LogP contribution is 2.31. The number of primary amides is 1. The monoisotopic (exact) mass is 1620 g/mol. The smallest absolute Gasteiger partial charge is 0.324 e. The lowest BCUT2D eigenvalue weighted by Gasteiger charge is -2.36. The summed E-state index contributed by atoms with van der Waals surface area (Å²) in [7, 11) is 2.44. The first-order valence-corrected chi connectivity index (χ1v) is 40.8. The number of likely N-dealkylation sites (N-methyl/N-ethyl adjacent to an activating group) is 1. The lowest BCUT2D eigenvalue weighted by atomic mass is 9.85. The Balaban J connectivity index is 2.00. The van der Waals surface area contributed by atoms with Crippen LogP contribution >= 0.6 is 21.6 Å². The van der Waals surface area contributed by atoms with Crippen molar-refractivity contribution in [1.82, 2.24) is 83.8 Å². The second-order valence-corrected chi connectivity index (χ2v) is 32.6. The summed E-state index contributed by atoms with van der Waals surface area (Å²) >= 11 is 0. The molecule has 0 radical (unpaired) electrons. The van der Waals surface area contributed by atoms with E-state index in [9.17, 15) is 72.5 Å². The largest absolute Gasteiger partial charge is 0.394 e. The van der Waals surface area contributed by atoms with E-state index < -0.39 is 227 Å². The number of fused-ring (bicyclic) bond motifs is 18. The number of nitrogens with two attached hydrogens (primary N) is 3. The van der Waals surface area contributed by atoms with Crippen LogP contribution in [-0.2, 0) is 71.9 Å². The molecule has 5 aliphatic rings. The molecule has 630 valence electrons. The molecular weight excluding hydrogens is 1500 g/mol. The van der Waals surface area contributed by atoms with Crippen LogP contribution in [0.15, 0.2) is 4.99 Å². The quantitative estimate of drug-likeness (QED) is 0.0169. The number of carbonyl (C=O) groups is 17. The van der Waals surface area contributed by atoms with Crippen LogP contribution in [0.4, 0.5) is 9.59 Å². The highest BCUT2D eigenvalue weighted by molar-refractivity contribution is 8.77. The molecule has 5 fully saturated rings. The molecule has 14 atom stereocenters. The third-order valence-electron chi connectivity index (χ3n) is 20.2. The highest BCUT2D eigenvalue weighted by Gasteiger charge is 2.45. The third-order valence-corrected chi connectivity index (χ3v) is 22.7. The maximum Gasteiger partial charge on any atom is 0.324 e. The van der Waals surface area contributed by atoms with E-state index in [1.165, 1.54) is 7.05 Å². The van der Waals surface area contributed by atoms with E-state index in [2.05, 4.69) is 68.8 Å². The summed E-state index contributed by atoms with van der Waals surface area (Å²) in [6, 6.07) is -19.0. The highest BCUT2D eigenvalue weighted by atomic mass is 33.1. The van der Waals surface area contributed by atoms with Gasteiger partial charge in [-0.15, -0.1) is 0 Å². The van der Waals surface area contributed by atoms with Crippen LogP contribution in [-0.4, -0.2) is 262 Å². The fraction of sp³-hybridized carbons (Fsp3) is 0.746. The number of urea groups is 2. The molecule has 0 aromatic rings. The van der Waals surface area contributed by atoms with E-state index in [0.717, 1.165) is 14.7 Å². The van der Waals surface area contributed by atoms with E-state index in [1.807, 2.05) is 12.2 Å². The molecule has 0 spiro atoms. The van der Waals surface area contributed by atoms with Crippen molar-refractivity contribution in [3.05, 3.63) is 0 Å². The topological polar surface area (TPSA) is 587 Å². The number of carbonyl (C=O) groups excluding carboxylic acids is 17. The number of imide groups is 2. The summed E-state index contributed by atoms with van der Waals surface area (Å²) in [5.74, 6) is -18.5. The van der Waals surface area contributed by atoms with Crippen molar-refractivity contribution >= 4 is 128 Å². The Morgan fingerprint density at radius 2 is 1.14 bits per heavy atom. The lowest BCUT2D eigenvalue weighted by molar-refractivity contribution is -0.145. The lowest BCUT2D eigenvalue weighted by Crippen LogP contribution is -2.62. The number of nitrogens with one attached hydrogen (secondary N) is 13. The number of amides is 19. The minimum atomic E-state index is -2.14. The minimum absolute atomic E-state index is 0.0189. The van der Waals surface area contributed by atoms with E-state index in [4.69, 9.17) is 17.2 Å². The molecule has 1 saturated carbocycles. The summed E-state index contributed by atoms with van der Waals surface area (Å²) in [6.45, 7) is 14.0. The van der Waals surface area contributed by atoms with Gasteiger partial charge >= 0.3 is 12.1 Å². The number of hydrogen-bond acceptors (Lipinski definition) is 22.